The standard InChI is InChI=1S/C14H19FN2O2/c1-2-16-10-4-3-7-17(9-10)14(19)12-6-5-11(18)8-13(12)15/h5-6,8,10,16,18H,2-4,7,9H2,1H3. The van der Waals surface area contributed by atoms with Crippen molar-refractivity contribution < 1.29 is 14.3 Å². The van der Waals surface area contributed by atoms with Crippen LogP contribution in [0, 0.1) is 5.82 Å². The molecular formula is C14H19FN2O2. The zero-order chi connectivity index (χ0) is 13.8. The lowest BCUT2D eigenvalue weighted by Gasteiger charge is -2.33. The highest BCUT2D eigenvalue weighted by Crippen LogP contribution is 2.19. The van der Waals surface area contributed by atoms with Gasteiger partial charge >= 0.3 is 0 Å². The number of rotatable bonds is 3. The van der Waals surface area contributed by atoms with E-state index in [9.17, 15) is 9.18 Å². The van der Waals surface area contributed by atoms with Crippen LogP contribution in [0.5, 0.6) is 5.75 Å². The third kappa shape index (κ3) is 3.23. The number of nitrogens with zero attached hydrogens (tertiary/aromatic N) is 1. The van der Waals surface area contributed by atoms with Crippen LogP contribution in [0.4, 0.5) is 4.39 Å². The van der Waals surface area contributed by atoms with Gasteiger partial charge in [-0.25, -0.2) is 4.39 Å². The highest BCUT2D eigenvalue weighted by atomic mass is 19.1. The molecule has 1 aromatic carbocycles. The molecule has 4 nitrogen and oxygen atoms in total. The monoisotopic (exact) mass is 266 g/mol. The molecule has 0 spiro atoms. The van der Waals surface area contributed by atoms with E-state index in [0.717, 1.165) is 25.5 Å². The highest BCUT2D eigenvalue weighted by Gasteiger charge is 2.25. The Morgan fingerprint density at radius 2 is 2.37 bits per heavy atom. The number of carbonyl (C=O) groups excluding carboxylic acids is 1. The number of likely N-dealkylation sites (N-methyl/N-ethyl adjacent to an activating group) is 1. The summed E-state index contributed by atoms with van der Waals surface area (Å²) in [6, 6.07) is 3.92. The van der Waals surface area contributed by atoms with Gasteiger partial charge in [0.15, 0.2) is 0 Å². The number of likely N-dealkylation sites (tertiary alicyclic amines) is 1. The molecule has 0 saturated carbocycles. The number of nitrogens with one attached hydrogen (secondary N) is 1. The van der Waals surface area contributed by atoms with Gasteiger partial charge in [0.05, 0.1) is 5.56 Å². The maximum Gasteiger partial charge on any atom is 0.256 e. The summed E-state index contributed by atoms with van der Waals surface area (Å²) in [5.41, 5.74) is 0.0231. The number of benzene rings is 1. The van der Waals surface area contributed by atoms with Crippen LogP contribution in [0.25, 0.3) is 0 Å². The third-order valence-corrected chi connectivity index (χ3v) is 3.38. The van der Waals surface area contributed by atoms with Gasteiger partial charge in [-0.15, -0.1) is 0 Å². The van der Waals surface area contributed by atoms with Crippen molar-refractivity contribution in [1.29, 1.82) is 0 Å². The molecule has 2 N–H and O–H groups in total. The molecule has 1 aliphatic heterocycles. The van der Waals surface area contributed by atoms with E-state index in [1.807, 2.05) is 6.92 Å². The van der Waals surface area contributed by atoms with Crippen LogP contribution >= 0.6 is 0 Å². The smallest absolute Gasteiger partial charge is 0.256 e. The number of aromatic hydroxyl groups is 1. The number of hydrogen-bond donors (Lipinski definition) is 2. The topological polar surface area (TPSA) is 52.6 Å². The van der Waals surface area contributed by atoms with Crippen molar-refractivity contribution in [1.82, 2.24) is 10.2 Å². The van der Waals surface area contributed by atoms with Gasteiger partial charge in [-0.2, -0.15) is 0 Å². The third-order valence-electron chi connectivity index (χ3n) is 3.38. The number of amides is 1. The minimum Gasteiger partial charge on any atom is -0.508 e. The molecule has 1 saturated heterocycles. The lowest BCUT2D eigenvalue weighted by Crippen LogP contribution is -2.48. The Kier molecular flexibility index (Phi) is 4.37. The molecule has 0 radical (unpaired) electrons. The van der Waals surface area contributed by atoms with E-state index in [-0.39, 0.29) is 23.3 Å². The highest BCUT2D eigenvalue weighted by molar-refractivity contribution is 5.94. The van der Waals surface area contributed by atoms with Crippen molar-refractivity contribution in [3.05, 3.63) is 29.6 Å². The quantitative estimate of drug-likeness (QED) is 0.876. The molecule has 19 heavy (non-hydrogen) atoms. The molecule has 1 amide bonds. The van der Waals surface area contributed by atoms with Crippen molar-refractivity contribution in [2.75, 3.05) is 19.6 Å². The molecular weight excluding hydrogens is 247 g/mol. The number of piperidine rings is 1. The number of phenols is 1. The summed E-state index contributed by atoms with van der Waals surface area (Å²) in [6.07, 6.45) is 1.96. The molecule has 1 heterocycles. The Bertz CT molecular complexity index is 463. The minimum absolute atomic E-state index is 0.0231. The van der Waals surface area contributed by atoms with Gasteiger partial charge in [-0.1, -0.05) is 6.92 Å². The van der Waals surface area contributed by atoms with Gasteiger partial charge in [0.25, 0.3) is 5.91 Å². The van der Waals surface area contributed by atoms with Gasteiger partial charge in [0, 0.05) is 25.2 Å². The Morgan fingerprint density at radius 1 is 1.58 bits per heavy atom. The summed E-state index contributed by atoms with van der Waals surface area (Å²) >= 11 is 0. The summed E-state index contributed by atoms with van der Waals surface area (Å²) < 4.78 is 13.7. The van der Waals surface area contributed by atoms with Gasteiger partial charge in [0.2, 0.25) is 0 Å². The SMILES string of the molecule is CCNC1CCCN(C(=O)c2ccc(O)cc2F)C1. The molecule has 1 aliphatic rings. The van der Waals surface area contributed by atoms with E-state index in [1.165, 1.54) is 12.1 Å². The van der Waals surface area contributed by atoms with Crippen LogP contribution in [0.15, 0.2) is 18.2 Å². The largest absolute Gasteiger partial charge is 0.508 e. The summed E-state index contributed by atoms with van der Waals surface area (Å²) in [5, 5.41) is 12.5. The minimum atomic E-state index is -0.671. The van der Waals surface area contributed by atoms with Gasteiger partial charge < -0.3 is 15.3 Å². The number of hydrogen-bond acceptors (Lipinski definition) is 3. The van der Waals surface area contributed by atoms with Crippen molar-refractivity contribution in [3.8, 4) is 5.75 Å². The molecule has 0 bridgehead atoms. The lowest BCUT2D eigenvalue weighted by molar-refractivity contribution is 0.0691. The van der Waals surface area contributed by atoms with Crippen molar-refractivity contribution in [2.45, 2.75) is 25.8 Å². The second-order valence-electron chi connectivity index (χ2n) is 4.81. The fraction of sp³-hybridized carbons (Fsp3) is 0.500. The number of halogens is 1. The van der Waals surface area contributed by atoms with Crippen molar-refractivity contribution in [2.24, 2.45) is 0 Å². The fourth-order valence-corrected chi connectivity index (χ4v) is 2.46. The predicted octanol–water partition coefficient (Wildman–Crippen LogP) is 1.75. The zero-order valence-corrected chi connectivity index (χ0v) is 11.0. The first-order valence-corrected chi connectivity index (χ1v) is 6.63. The van der Waals surface area contributed by atoms with E-state index >= 15 is 0 Å². The van der Waals surface area contributed by atoms with Crippen LogP contribution in [0.2, 0.25) is 0 Å². The maximum atomic E-state index is 13.7. The average Bonchev–Trinajstić information content (AvgIpc) is 2.39. The molecule has 5 heteroatoms. The summed E-state index contributed by atoms with van der Waals surface area (Å²) in [4.78, 5) is 13.9. The second kappa shape index (κ2) is 6.02. The van der Waals surface area contributed by atoms with E-state index < -0.39 is 5.82 Å². The molecule has 104 valence electrons. The molecule has 1 unspecified atom stereocenters. The first kappa shape index (κ1) is 13.8. The van der Waals surface area contributed by atoms with Gasteiger partial charge in [-0.3, -0.25) is 4.79 Å². The Labute approximate surface area is 112 Å². The first-order chi connectivity index (χ1) is 9.11. The fourth-order valence-electron chi connectivity index (χ4n) is 2.46. The van der Waals surface area contributed by atoms with Crippen molar-refractivity contribution >= 4 is 5.91 Å². The molecule has 1 atom stereocenters. The average molecular weight is 266 g/mol. The number of phenolic OH excluding ortho intramolecular Hbond substituents is 1. The first-order valence-electron chi connectivity index (χ1n) is 6.63. The predicted molar refractivity (Wildman–Crippen MR) is 70.7 cm³/mol. The van der Waals surface area contributed by atoms with Gasteiger partial charge in [-0.05, 0) is 31.5 Å². The Hall–Kier alpha value is -1.62. The molecule has 2 rings (SSSR count). The van der Waals surface area contributed by atoms with E-state index in [2.05, 4.69) is 5.32 Å². The Balaban J connectivity index is 2.10. The summed E-state index contributed by atoms with van der Waals surface area (Å²) in [7, 11) is 0. The van der Waals surface area contributed by atoms with Gasteiger partial charge in [0.1, 0.15) is 11.6 Å². The molecule has 1 fully saturated rings. The van der Waals surface area contributed by atoms with Crippen LogP contribution in [-0.4, -0.2) is 41.6 Å². The second-order valence-corrected chi connectivity index (χ2v) is 4.81. The Morgan fingerprint density at radius 3 is 3.05 bits per heavy atom. The molecule has 0 aromatic heterocycles. The van der Waals surface area contributed by atoms with Crippen LogP contribution in [0.1, 0.15) is 30.1 Å². The van der Waals surface area contributed by atoms with Crippen LogP contribution in [0.3, 0.4) is 0 Å². The van der Waals surface area contributed by atoms with E-state index in [0.29, 0.717) is 13.1 Å². The molecule has 0 aliphatic carbocycles. The van der Waals surface area contributed by atoms with E-state index in [4.69, 9.17) is 5.11 Å². The maximum absolute atomic E-state index is 13.7. The zero-order valence-electron chi connectivity index (χ0n) is 11.0. The normalized spacial score (nSPS) is 19.5. The van der Waals surface area contributed by atoms with E-state index in [1.54, 1.807) is 4.90 Å². The lowest BCUT2D eigenvalue weighted by atomic mass is 10.0. The molecule has 1 aromatic rings. The summed E-state index contributed by atoms with van der Waals surface area (Å²) in [6.45, 7) is 4.15. The van der Waals surface area contributed by atoms with Crippen molar-refractivity contribution in [3.63, 3.8) is 0 Å². The van der Waals surface area contributed by atoms with Crippen LogP contribution < -0.4 is 5.32 Å². The van der Waals surface area contributed by atoms with Crippen LogP contribution in [-0.2, 0) is 0 Å². The summed E-state index contributed by atoms with van der Waals surface area (Å²) in [5.74, 6) is -1.14. The number of carbonyl (C=O) groups is 1.